The van der Waals surface area contributed by atoms with Gasteiger partial charge in [0.25, 0.3) is 0 Å². The molecule has 0 saturated carbocycles. The second kappa shape index (κ2) is 13.0. The van der Waals surface area contributed by atoms with Crippen LogP contribution in [0.5, 0.6) is 5.75 Å². The molecule has 10 nitrogen and oxygen atoms in total. The molecule has 2 aromatic carbocycles. The quantitative estimate of drug-likeness (QED) is 0.425. The number of carbonyl (C=O) groups is 3. The lowest BCUT2D eigenvalue weighted by molar-refractivity contribution is -0.156. The van der Waals surface area contributed by atoms with Crippen molar-refractivity contribution in [1.29, 1.82) is 0 Å². The fourth-order valence-corrected chi connectivity index (χ4v) is 5.93. The number of benzene rings is 2. The van der Waals surface area contributed by atoms with Crippen LogP contribution in [-0.2, 0) is 24.3 Å². The van der Waals surface area contributed by atoms with Crippen molar-refractivity contribution in [3.05, 3.63) is 54.1 Å². The van der Waals surface area contributed by atoms with Gasteiger partial charge < -0.3 is 14.4 Å². The molecular formula is C28H37N3O7S2. The summed E-state index contributed by atoms with van der Waals surface area (Å²) in [5.41, 5.74) is 0.425. The highest BCUT2D eigenvalue weighted by molar-refractivity contribution is 7.99. The van der Waals surface area contributed by atoms with E-state index in [4.69, 9.17) is 9.47 Å². The van der Waals surface area contributed by atoms with Crippen LogP contribution in [0.1, 0.15) is 33.3 Å². The average molecular weight is 592 g/mol. The molecule has 2 amide bonds. The molecule has 0 spiro atoms. The maximum absolute atomic E-state index is 13.6. The van der Waals surface area contributed by atoms with Crippen LogP contribution in [-0.4, -0.2) is 85.4 Å². The maximum atomic E-state index is 13.6. The van der Waals surface area contributed by atoms with Crippen LogP contribution in [0.25, 0.3) is 0 Å². The number of sulfonamides is 1. The van der Waals surface area contributed by atoms with Gasteiger partial charge in [-0.2, -0.15) is 16.1 Å². The summed E-state index contributed by atoms with van der Waals surface area (Å²) in [5.74, 6) is 0.697. The molecule has 0 unspecified atom stereocenters. The summed E-state index contributed by atoms with van der Waals surface area (Å²) in [6.07, 6.45) is -0.453. The third-order valence-corrected chi connectivity index (χ3v) is 8.84. The number of aryl methyl sites for hydroxylation is 1. The van der Waals surface area contributed by atoms with Gasteiger partial charge in [0.2, 0.25) is 15.9 Å². The maximum Gasteiger partial charge on any atom is 0.415 e. The van der Waals surface area contributed by atoms with E-state index in [2.05, 4.69) is 0 Å². The number of nitrogens with zero attached hydrogens (tertiary/aromatic N) is 3. The fourth-order valence-electron chi connectivity index (χ4n) is 3.90. The predicted octanol–water partition coefficient (Wildman–Crippen LogP) is 3.93. The Bertz CT molecular complexity index is 1300. The monoisotopic (exact) mass is 591 g/mol. The van der Waals surface area contributed by atoms with E-state index in [-0.39, 0.29) is 10.6 Å². The second-order valence-corrected chi connectivity index (χ2v) is 13.8. The molecule has 3 rings (SSSR count). The van der Waals surface area contributed by atoms with Gasteiger partial charge in [-0.3, -0.25) is 9.69 Å². The Morgan fingerprint density at radius 1 is 1.00 bits per heavy atom. The predicted molar refractivity (Wildman–Crippen MR) is 155 cm³/mol. The van der Waals surface area contributed by atoms with E-state index < -0.39 is 46.2 Å². The molecular weight excluding hydrogens is 554 g/mol. The van der Waals surface area contributed by atoms with Crippen molar-refractivity contribution in [2.45, 2.75) is 51.2 Å². The highest BCUT2D eigenvalue weighted by Crippen LogP contribution is 2.25. The van der Waals surface area contributed by atoms with Crippen molar-refractivity contribution < 1.29 is 32.3 Å². The summed E-state index contributed by atoms with van der Waals surface area (Å²) in [6, 6.07) is 11.4. The Morgan fingerprint density at radius 2 is 1.57 bits per heavy atom. The van der Waals surface area contributed by atoms with E-state index in [1.54, 1.807) is 61.7 Å². The Kier molecular flexibility index (Phi) is 10.3. The van der Waals surface area contributed by atoms with E-state index in [1.807, 2.05) is 6.92 Å². The van der Waals surface area contributed by atoms with E-state index in [9.17, 15) is 22.8 Å². The first kappa shape index (κ1) is 31.4. The first-order valence-corrected chi connectivity index (χ1v) is 15.5. The van der Waals surface area contributed by atoms with Gasteiger partial charge in [0.15, 0.2) is 0 Å². The standard InChI is InChI=1S/C28H37N3O7S2/c1-20-7-13-24(14-8-20)40(35,36)29(6)19-25(32)31(21(2)26(33)38-28(3,4)5)22-9-11-23(12-10-22)37-27(34)30-15-17-39-18-16-30/h7-14,21H,15-19H2,1-6H3/t21-/m0/s1. The van der Waals surface area contributed by atoms with Crippen LogP contribution >= 0.6 is 11.8 Å². The molecule has 0 N–H and O–H groups in total. The minimum atomic E-state index is -3.97. The molecule has 1 atom stereocenters. The van der Waals surface area contributed by atoms with Crippen LogP contribution in [0.2, 0.25) is 0 Å². The van der Waals surface area contributed by atoms with Gasteiger partial charge in [0.1, 0.15) is 17.4 Å². The second-order valence-electron chi connectivity index (χ2n) is 10.5. The van der Waals surface area contributed by atoms with Crippen LogP contribution in [0.3, 0.4) is 0 Å². The van der Waals surface area contributed by atoms with Crippen LogP contribution in [0, 0.1) is 6.92 Å². The molecule has 1 saturated heterocycles. The minimum absolute atomic E-state index is 0.0543. The molecule has 40 heavy (non-hydrogen) atoms. The summed E-state index contributed by atoms with van der Waals surface area (Å²) >= 11 is 1.78. The first-order valence-electron chi connectivity index (χ1n) is 12.9. The number of hydrogen-bond donors (Lipinski definition) is 0. The Labute approximate surface area is 240 Å². The van der Waals surface area contributed by atoms with Crippen molar-refractivity contribution in [3.63, 3.8) is 0 Å². The van der Waals surface area contributed by atoms with Crippen molar-refractivity contribution >= 4 is 45.4 Å². The Hall–Kier alpha value is -3.09. The van der Waals surface area contributed by atoms with Gasteiger partial charge in [-0.25, -0.2) is 18.0 Å². The van der Waals surface area contributed by atoms with E-state index in [0.717, 1.165) is 21.4 Å². The molecule has 1 aliphatic heterocycles. The summed E-state index contributed by atoms with van der Waals surface area (Å²) in [7, 11) is -2.66. The normalized spacial score (nSPS) is 14.9. The topological polar surface area (TPSA) is 114 Å². The van der Waals surface area contributed by atoms with Gasteiger partial charge in [-0.05, 0) is 71.0 Å². The number of hydrogen-bond acceptors (Lipinski definition) is 8. The lowest BCUT2D eigenvalue weighted by atomic mass is 10.1. The van der Waals surface area contributed by atoms with Gasteiger partial charge in [-0.15, -0.1) is 0 Å². The van der Waals surface area contributed by atoms with Crippen molar-refractivity contribution in [3.8, 4) is 5.75 Å². The number of anilines is 1. The smallest absolute Gasteiger partial charge is 0.415 e. The van der Waals surface area contributed by atoms with Gasteiger partial charge >= 0.3 is 12.1 Å². The molecule has 2 aromatic rings. The Morgan fingerprint density at radius 3 is 2.12 bits per heavy atom. The van der Waals surface area contributed by atoms with E-state index in [1.165, 1.54) is 43.1 Å². The van der Waals surface area contributed by atoms with Gasteiger partial charge in [0.05, 0.1) is 11.4 Å². The lowest BCUT2D eigenvalue weighted by Crippen LogP contribution is -2.49. The molecule has 0 radical (unpaired) electrons. The number of amides is 2. The molecule has 0 aromatic heterocycles. The zero-order chi connectivity index (χ0) is 29.7. The van der Waals surface area contributed by atoms with Gasteiger partial charge in [-0.1, -0.05) is 17.7 Å². The zero-order valence-corrected chi connectivity index (χ0v) is 25.4. The Balaban J connectivity index is 1.84. The first-order chi connectivity index (χ1) is 18.7. The average Bonchev–Trinajstić information content (AvgIpc) is 2.89. The number of ether oxygens (including phenoxy) is 2. The molecule has 218 valence electrons. The zero-order valence-electron chi connectivity index (χ0n) is 23.7. The summed E-state index contributed by atoms with van der Waals surface area (Å²) in [4.78, 5) is 41.9. The molecule has 1 fully saturated rings. The van der Waals surface area contributed by atoms with Crippen LogP contribution < -0.4 is 9.64 Å². The molecule has 12 heteroatoms. The SMILES string of the molecule is Cc1ccc(S(=O)(=O)N(C)CC(=O)N(c2ccc(OC(=O)N3CCSCC3)cc2)[C@@H](C)C(=O)OC(C)(C)C)cc1. The van der Waals surface area contributed by atoms with Crippen LogP contribution in [0.4, 0.5) is 10.5 Å². The third-order valence-electron chi connectivity index (χ3n) is 6.08. The van der Waals surface area contributed by atoms with Crippen LogP contribution in [0.15, 0.2) is 53.4 Å². The fraction of sp³-hybridized carbons (Fsp3) is 0.464. The molecule has 0 aliphatic carbocycles. The van der Waals surface area contributed by atoms with E-state index in [0.29, 0.717) is 18.8 Å². The number of rotatable bonds is 8. The number of esters is 1. The van der Waals surface area contributed by atoms with Crippen molar-refractivity contribution in [1.82, 2.24) is 9.21 Å². The summed E-state index contributed by atoms with van der Waals surface area (Å²) < 4.78 is 38.2. The molecule has 1 aliphatic rings. The van der Waals surface area contributed by atoms with Crippen molar-refractivity contribution in [2.24, 2.45) is 0 Å². The highest BCUT2D eigenvalue weighted by Gasteiger charge is 2.33. The van der Waals surface area contributed by atoms with Gasteiger partial charge in [0, 0.05) is 37.3 Å². The summed E-state index contributed by atoms with van der Waals surface area (Å²) in [5, 5.41) is 0. The third kappa shape index (κ3) is 8.21. The summed E-state index contributed by atoms with van der Waals surface area (Å²) in [6.45, 7) is 9.21. The minimum Gasteiger partial charge on any atom is -0.458 e. The van der Waals surface area contributed by atoms with E-state index >= 15 is 0 Å². The number of likely N-dealkylation sites (N-methyl/N-ethyl adjacent to an activating group) is 1. The largest absolute Gasteiger partial charge is 0.458 e. The number of carbonyl (C=O) groups excluding carboxylic acids is 3. The molecule has 1 heterocycles. The lowest BCUT2D eigenvalue weighted by Gasteiger charge is -2.31. The highest BCUT2D eigenvalue weighted by atomic mass is 32.2. The number of thioether (sulfide) groups is 1. The van der Waals surface area contributed by atoms with Crippen molar-refractivity contribution in [2.75, 3.05) is 43.1 Å². The molecule has 0 bridgehead atoms.